The van der Waals surface area contributed by atoms with Crippen LogP contribution in [0.1, 0.15) is 25.8 Å². The van der Waals surface area contributed by atoms with Gasteiger partial charge in [-0.3, -0.25) is 4.99 Å². The maximum Gasteiger partial charge on any atom is 0.188 e. The Morgan fingerprint density at radius 2 is 2.05 bits per heavy atom. The van der Waals surface area contributed by atoms with Gasteiger partial charge in [0.1, 0.15) is 0 Å². The lowest BCUT2D eigenvalue weighted by molar-refractivity contribution is 0.0945. The average Bonchev–Trinajstić information content (AvgIpc) is 2.54. The topological polar surface area (TPSA) is 68.9 Å². The molecule has 0 fully saturated rings. The Morgan fingerprint density at radius 3 is 2.77 bits per heavy atom. The van der Waals surface area contributed by atoms with Crippen LogP contribution < -0.4 is 11.1 Å². The van der Waals surface area contributed by atoms with Crippen molar-refractivity contribution in [1.29, 1.82) is 0 Å². The number of nitrogens with one attached hydrogen (secondary N) is 1. The number of guanidine groups is 1. The lowest BCUT2D eigenvalue weighted by Gasteiger charge is -2.11. The number of hydrogen-bond acceptors (Lipinski definition) is 3. The molecule has 0 saturated carbocycles. The van der Waals surface area contributed by atoms with Gasteiger partial charge < -0.3 is 20.5 Å². The van der Waals surface area contributed by atoms with Crippen molar-refractivity contribution < 1.29 is 9.47 Å². The number of aliphatic imine (C=N–C) groups is 1. The van der Waals surface area contributed by atoms with E-state index < -0.39 is 0 Å². The molecule has 0 radical (unpaired) electrons. The first-order chi connectivity index (χ1) is 10.7. The second kappa shape index (κ2) is 12.0. The molecule has 0 heterocycles. The highest BCUT2D eigenvalue weighted by Crippen LogP contribution is 2.03. The molecule has 5 heteroatoms. The molecule has 0 aliphatic rings. The first-order valence-corrected chi connectivity index (χ1v) is 7.95. The average molecular weight is 307 g/mol. The number of ether oxygens (including phenoxy) is 2. The summed E-state index contributed by atoms with van der Waals surface area (Å²) in [4.78, 5) is 4.33. The monoisotopic (exact) mass is 307 g/mol. The van der Waals surface area contributed by atoms with E-state index in [4.69, 9.17) is 15.2 Å². The standard InChI is InChI=1S/C17H29N3O2/c1-3-21-11-7-10-19-17(18)20-12-15(2)13-22-14-16-8-5-4-6-9-16/h4-6,8-9,15H,3,7,10-14H2,1-2H3,(H3,18,19,20). The molecule has 0 aromatic heterocycles. The molecule has 0 saturated heterocycles. The van der Waals surface area contributed by atoms with E-state index in [1.807, 2.05) is 25.1 Å². The highest BCUT2D eigenvalue weighted by molar-refractivity contribution is 5.77. The van der Waals surface area contributed by atoms with Gasteiger partial charge in [0.15, 0.2) is 5.96 Å². The number of rotatable bonds is 11. The lowest BCUT2D eigenvalue weighted by atomic mass is 10.2. The normalized spacial score (nSPS) is 13.1. The van der Waals surface area contributed by atoms with Crippen LogP contribution in [0.15, 0.2) is 35.3 Å². The summed E-state index contributed by atoms with van der Waals surface area (Å²) in [5, 5.41) is 3.09. The van der Waals surface area contributed by atoms with E-state index in [1.165, 1.54) is 5.56 Å². The summed E-state index contributed by atoms with van der Waals surface area (Å²) in [7, 11) is 0. The number of benzene rings is 1. The van der Waals surface area contributed by atoms with Crippen LogP contribution >= 0.6 is 0 Å². The zero-order valence-corrected chi connectivity index (χ0v) is 13.8. The van der Waals surface area contributed by atoms with Crippen molar-refractivity contribution in [2.75, 3.05) is 32.9 Å². The van der Waals surface area contributed by atoms with Gasteiger partial charge in [0.05, 0.1) is 13.2 Å². The fraction of sp³-hybridized carbons (Fsp3) is 0.588. The quantitative estimate of drug-likeness (QED) is 0.373. The fourth-order valence-electron chi connectivity index (χ4n) is 1.85. The van der Waals surface area contributed by atoms with Gasteiger partial charge in [0, 0.05) is 26.3 Å². The van der Waals surface area contributed by atoms with E-state index in [0.29, 0.717) is 31.6 Å². The van der Waals surface area contributed by atoms with Crippen molar-refractivity contribution >= 4 is 5.96 Å². The van der Waals surface area contributed by atoms with Crippen LogP contribution in [-0.2, 0) is 16.1 Å². The first-order valence-electron chi connectivity index (χ1n) is 7.95. The summed E-state index contributed by atoms with van der Waals surface area (Å²) in [5.74, 6) is 0.832. The molecule has 22 heavy (non-hydrogen) atoms. The third kappa shape index (κ3) is 9.37. The molecular weight excluding hydrogens is 278 g/mol. The number of nitrogens with two attached hydrogens (primary N) is 1. The highest BCUT2D eigenvalue weighted by atomic mass is 16.5. The van der Waals surface area contributed by atoms with Crippen LogP contribution in [0.25, 0.3) is 0 Å². The molecule has 1 rings (SSSR count). The minimum absolute atomic E-state index is 0.340. The molecule has 3 N–H and O–H groups in total. The van der Waals surface area contributed by atoms with Gasteiger partial charge >= 0.3 is 0 Å². The van der Waals surface area contributed by atoms with E-state index in [2.05, 4.69) is 29.4 Å². The van der Waals surface area contributed by atoms with Gasteiger partial charge in [-0.2, -0.15) is 0 Å². The van der Waals surface area contributed by atoms with Gasteiger partial charge in [-0.1, -0.05) is 37.3 Å². The largest absolute Gasteiger partial charge is 0.382 e. The summed E-state index contributed by atoms with van der Waals surface area (Å²) < 4.78 is 10.9. The molecule has 1 aromatic carbocycles. The van der Waals surface area contributed by atoms with Crippen molar-refractivity contribution in [3.8, 4) is 0 Å². The molecule has 0 aliphatic heterocycles. The summed E-state index contributed by atoms with van der Waals surface area (Å²) in [6.45, 7) is 8.37. The van der Waals surface area contributed by atoms with Crippen LogP contribution in [0.3, 0.4) is 0 Å². The maximum absolute atomic E-state index is 5.81. The Labute approximate surface area is 133 Å². The third-order valence-corrected chi connectivity index (χ3v) is 3.06. The second-order valence-corrected chi connectivity index (χ2v) is 5.31. The molecule has 5 nitrogen and oxygen atoms in total. The van der Waals surface area contributed by atoms with E-state index in [1.54, 1.807) is 0 Å². The number of nitrogens with zero attached hydrogens (tertiary/aromatic N) is 1. The van der Waals surface area contributed by atoms with Crippen LogP contribution in [-0.4, -0.2) is 38.9 Å². The molecule has 0 amide bonds. The molecule has 1 aromatic rings. The zero-order valence-electron chi connectivity index (χ0n) is 13.8. The minimum atomic E-state index is 0.340. The van der Waals surface area contributed by atoms with Gasteiger partial charge in [-0.25, -0.2) is 0 Å². The Hall–Kier alpha value is -1.59. The summed E-state index contributed by atoms with van der Waals surface area (Å²) in [5.41, 5.74) is 7.00. The van der Waals surface area contributed by atoms with E-state index in [0.717, 1.165) is 26.2 Å². The SMILES string of the molecule is CCOCCCNC(N)=NCC(C)COCc1ccccc1. The molecule has 1 unspecified atom stereocenters. The smallest absolute Gasteiger partial charge is 0.188 e. The van der Waals surface area contributed by atoms with Crippen molar-refractivity contribution in [3.05, 3.63) is 35.9 Å². The molecule has 124 valence electrons. The predicted molar refractivity (Wildman–Crippen MR) is 90.9 cm³/mol. The minimum Gasteiger partial charge on any atom is -0.382 e. The van der Waals surface area contributed by atoms with Crippen LogP contribution in [0, 0.1) is 5.92 Å². The van der Waals surface area contributed by atoms with E-state index in [9.17, 15) is 0 Å². The van der Waals surface area contributed by atoms with E-state index >= 15 is 0 Å². The van der Waals surface area contributed by atoms with Gasteiger partial charge in [-0.15, -0.1) is 0 Å². The predicted octanol–water partition coefficient (Wildman–Crippen LogP) is 2.17. The lowest BCUT2D eigenvalue weighted by Crippen LogP contribution is -2.33. The highest BCUT2D eigenvalue weighted by Gasteiger charge is 2.02. The van der Waals surface area contributed by atoms with Crippen molar-refractivity contribution in [1.82, 2.24) is 5.32 Å². The van der Waals surface area contributed by atoms with Crippen LogP contribution in [0.5, 0.6) is 0 Å². The van der Waals surface area contributed by atoms with Gasteiger partial charge in [0.2, 0.25) is 0 Å². The Bertz CT molecular complexity index is 410. The van der Waals surface area contributed by atoms with Crippen LogP contribution in [0.2, 0.25) is 0 Å². The second-order valence-electron chi connectivity index (χ2n) is 5.31. The molecular formula is C17H29N3O2. The fourth-order valence-corrected chi connectivity index (χ4v) is 1.85. The molecule has 0 spiro atoms. The van der Waals surface area contributed by atoms with Gasteiger partial charge in [-0.05, 0) is 24.8 Å². The summed E-state index contributed by atoms with van der Waals surface area (Å²) >= 11 is 0. The van der Waals surface area contributed by atoms with Crippen LogP contribution in [0.4, 0.5) is 0 Å². The van der Waals surface area contributed by atoms with E-state index in [-0.39, 0.29) is 0 Å². The molecule has 1 atom stereocenters. The summed E-state index contributed by atoms with van der Waals surface area (Å²) in [6.07, 6.45) is 0.930. The number of hydrogen-bond donors (Lipinski definition) is 2. The summed E-state index contributed by atoms with van der Waals surface area (Å²) in [6, 6.07) is 10.2. The molecule has 0 bridgehead atoms. The van der Waals surface area contributed by atoms with Crippen molar-refractivity contribution in [3.63, 3.8) is 0 Å². The Balaban J connectivity index is 2.08. The Morgan fingerprint density at radius 1 is 1.27 bits per heavy atom. The first kappa shape index (κ1) is 18.5. The Kier molecular flexibility index (Phi) is 10.1. The third-order valence-electron chi connectivity index (χ3n) is 3.06. The zero-order chi connectivity index (χ0) is 16.0. The van der Waals surface area contributed by atoms with Crippen molar-refractivity contribution in [2.24, 2.45) is 16.6 Å². The molecule has 0 aliphatic carbocycles. The maximum atomic E-state index is 5.81. The van der Waals surface area contributed by atoms with Crippen molar-refractivity contribution in [2.45, 2.75) is 26.9 Å². The van der Waals surface area contributed by atoms with Gasteiger partial charge in [0.25, 0.3) is 0 Å².